The van der Waals surface area contributed by atoms with Gasteiger partial charge in [-0.15, -0.1) is 10.2 Å². The Kier molecular flexibility index (Phi) is 5.29. The van der Waals surface area contributed by atoms with Crippen LogP contribution in [0.2, 0.25) is 0 Å². The number of benzene rings is 1. The molecule has 29 heavy (non-hydrogen) atoms. The van der Waals surface area contributed by atoms with Gasteiger partial charge in [-0.25, -0.2) is 0 Å². The fourth-order valence-corrected chi connectivity index (χ4v) is 4.02. The Morgan fingerprint density at radius 3 is 2.38 bits per heavy atom. The van der Waals surface area contributed by atoms with E-state index in [-0.39, 0.29) is 23.1 Å². The van der Waals surface area contributed by atoms with Crippen molar-refractivity contribution in [1.82, 2.24) is 24.2 Å². The predicted octanol–water partition coefficient (Wildman–Crippen LogP) is 2.83. The summed E-state index contributed by atoms with van der Waals surface area (Å²) in [5.74, 6) is -0.177. The topological polar surface area (TPSA) is 73.0 Å². The minimum atomic E-state index is -0.229. The number of piperidine rings is 1. The quantitative estimate of drug-likeness (QED) is 0.686. The Balaban J connectivity index is 1.57. The molecule has 7 nitrogen and oxygen atoms in total. The Morgan fingerprint density at radius 1 is 1.07 bits per heavy atom. The van der Waals surface area contributed by atoms with E-state index in [1.54, 1.807) is 28.3 Å². The van der Waals surface area contributed by atoms with Crippen molar-refractivity contribution in [2.45, 2.75) is 38.8 Å². The number of hydrogen-bond acceptors (Lipinski definition) is 4. The highest BCUT2D eigenvalue weighted by molar-refractivity contribution is 5.95. The summed E-state index contributed by atoms with van der Waals surface area (Å²) in [5, 5.41) is 7.72. The minimum absolute atomic E-state index is 0.143. The van der Waals surface area contributed by atoms with Crippen molar-refractivity contribution < 1.29 is 4.79 Å². The average Bonchev–Trinajstić information content (AvgIpc) is 3.29. The minimum Gasteiger partial charge on any atom is -0.338 e. The number of amides is 1. The number of carbonyl (C=O) groups excluding carboxylic acids is 1. The summed E-state index contributed by atoms with van der Waals surface area (Å²) in [6.07, 6.45) is 6.86. The maximum absolute atomic E-state index is 13.2. The number of aromatic nitrogens is 4. The molecule has 2 aromatic heterocycles. The van der Waals surface area contributed by atoms with Crippen LogP contribution < -0.4 is 5.56 Å². The van der Waals surface area contributed by atoms with Crippen LogP contribution in [0.5, 0.6) is 0 Å². The molecule has 1 atom stereocenters. The molecule has 3 aromatic rings. The lowest BCUT2D eigenvalue weighted by atomic mass is 10.0. The van der Waals surface area contributed by atoms with Gasteiger partial charge in [0.1, 0.15) is 18.2 Å². The standard InChI is InChI=1S/C22H25N5O2/c1-16-8-13-27(17(2)18-6-4-3-5-7-18)22(29)20(16)21(28)25-11-9-19(10-12-25)26-14-23-24-15-26/h3-8,13-15,17,19H,9-12H2,1-2H3. The van der Waals surface area contributed by atoms with Crippen LogP contribution >= 0.6 is 0 Å². The van der Waals surface area contributed by atoms with E-state index in [4.69, 9.17) is 0 Å². The Labute approximate surface area is 169 Å². The number of aryl methyl sites for hydroxylation is 1. The first-order valence-corrected chi connectivity index (χ1v) is 9.96. The lowest BCUT2D eigenvalue weighted by Gasteiger charge is -2.32. The molecule has 1 fully saturated rings. The number of nitrogens with zero attached hydrogens (tertiary/aromatic N) is 5. The van der Waals surface area contributed by atoms with Crippen molar-refractivity contribution in [2.24, 2.45) is 0 Å². The van der Waals surface area contributed by atoms with E-state index in [9.17, 15) is 9.59 Å². The molecular formula is C22H25N5O2. The molecule has 4 rings (SSSR count). The van der Waals surface area contributed by atoms with Crippen molar-refractivity contribution in [2.75, 3.05) is 13.1 Å². The molecule has 0 radical (unpaired) electrons. The summed E-state index contributed by atoms with van der Waals surface area (Å²) in [5.41, 5.74) is 1.80. The van der Waals surface area contributed by atoms with Gasteiger partial charge in [-0.05, 0) is 43.9 Å². The monoisotopic (exact) mass is 391 g/mol. The summed E-state index contributed by atoms with van der Waals surface area (Å²) in [7, 11) is 0. The van der Waals surface area contributed by atoms with Crippen molar-refractivity contribution in [3.8, 4) is 0 Å². The van der Waals surface area contributed by atoms with Crippen molar-refractivity contribution in [3.05, 3.63) is 82.3 Å². The molecular weight excluding hydrogens is 366 g/mol. The highest BCUT2D eigenvalue weighted by Gasteiger charge is 2.28. The molecule has 3 heterocycles. The van der Waals surface area contributed by atoms with E-state index in [1.165, 1.54) is 0 Å². The second kappa shape index (κ2) is 8.03. The summed E-state index contributed by atoms with van der Waals surface area (Å²) in [4.78, 5) is 28.3. The highest BCUT2D eigenvalue weighted by atomic mass is 16.2. The van der Waals surface area contributed by atoms with Crippen molar-refractivity contribution >= 4 is 5.91 Å². The molecule has 0 spiro atoms. The normalized spacial score (nSPS) is 16.0. The largest absolute Gasteiger partial charge is 0.338 e. The van der Waals surface area contributed by atoms with Crippen LogP contribution in [0.4, 0.5) is 0 Å². The zero-order valence-corrected chi connectivity index (χ0v) is 16.7. The van der Waals surface area contributed by atoms with E-state index in [1.807, 2.05) is 54.8 Å². The Morgan fingerprint density at radius 2 is 1.72 bits per heavy atom. The fourth-order valence-electron chi connectivity index (χ4n) is 4.02. The average molecular weight is 391 g/mol. The third-order valence-electron chi connectivity index (χ3n) is 5.85. The molecule has 1 amide bonds. The van der Waals surface area contributed by atoms with Crippen LogP contribution in [0.15, 0.2) is 60.0 Å². The molecule has 1 aromatic carbocycles. The number of rotatable bonds is 4. The van der Waals surface area contributed by atoms with Gasteiger partial charge >= 0.3 is 0 Å². The third-order valence-corrected chi connectivity index (χ3v) is 5.85. The van der Waals surface area contributed by atoms with Gasteiger partial charge in [0.15, 0.2) is 0 Å². The van der Waals surface area contributed by atoms with Gasteiger partial charge in [0.25, 0.3) is 11.5 Å². The SMILES string of the molecule is Cc1ccn(C(C)c2ccccc2)c(=O)c1C(=O)N1CCC(n2cnnc2)CC1. The first-order chi connectivity index (χ1) is 14.1. The Hall–Kier alpha value is -3.22. The van der Waals surface area contributed by atoms with E-state index < -0.39 is 0 Å². The second-order valence-electron chi connectivity index (χ2n) is 7.61. The van der Waals surface area contributed by atoms with Crippen LogP contribution in [-0.2, 0) is 0 Å². The predicted molar refractivity (Wildman–Crippen MR) is 110 cm³/mol. The van der Waals surface area contributed by atoms with Gasteiger partial charge in [-0.1, -0.05) is 30.3 Å². The van der Waals surface area contributed by atoms with Crippen LogP contribution in [0, 0.1) is 6.92 Å². The van der Waals surface area contributed by atoms with Crippen molar-refractivity contribution in [3.63, 3.8) is 0 Å². The molecule has 0 bridgehead atoms. The lowest BCUT2D eigenvalue weighted by molar-refractivity contribution is 0.0691. The van der Waals surface area contributed by atoms with E-state index in [2.05, 4.69) is 10.2 Å². The lowest BCUT2D eigenvalue weighted by Crippen LogP contribution is -2.42. The molecule has 1 unspecified atom stereocenters. The van der Waals surface area contributed by atoms with Crippen LogP contribution in [0.1, 0.15) is 53.3 Å². The second-order valence-corrected chi connectivity index (χ2v) is 7.61. The number of carbonyl (C=O) groups is 1. The summed E-state index contributed by atoms with van der Waals surface area (Å²) < 4.78 is 3.64. The first-order valence-electron chi connectivity index (χ1n) is 9.96. The molecule has 1 aliphatic heterocycles. The highest BCUT2D eigenvalue weighted by Crippen LogP contribution is 2.23. The smallest absolute Gasteiger partial charge is 0.264 e. The molecule has 1 aliphatic rings. The van der Waals surface area contributed by atoms with Crippen LogP contribution in [-0.4, -0.2) is 43.2 Å². The fraction of sp³-hybridized carbons (Fsp3) is 0.364. The van der Waals surface area contributed by atoms with Gasteiger partial charge < -0.3 is 14.0 Å². The van der Waals surface area contributed by atoms with E-state index >= 15 is 0 Å². The van der Waals surface area contributed by atoms with Crippen molar-refractivity contribution in [1.29, 1.82) is 0 Å². The van der Waals surface area contributed by atoms with Crippen LogP contribution in [0.25, 0.3) is 0 Å². The molecule has 1 saturated heterocycles. The summed E-state index contributed by atoms with van der Waals surface area (Å²) in [6, 6.07) is 11.9. The van der Waals surface area contributed by atoms with E-state index in [0.29, 0.717) is 19.1 Å². The zero-order valence-electron chi connectivity index (χ0n) is 16.7. The van der Waals surface area contributed by atoms with Gasteiger partial charge in [-0.3, -0.25) is 9.59 Å². The first kappa shape index (κ1) is 19.1. The summed E-state index contributed by atoms with van der Waals surface area (Å²) >= 11 is 0. The van der Waals surface area contributed by atoms with Crippen LogP contribution in [0.3, 0.4) is 0 Å². The molecule has 0 aliphatic carbocycles. The van der Waals surface area contributed by atoms with Gasteiger partial charge in [0, 0.05) is 25.3 Å². The molecule has 0 N–H and O–H groups in total. The number of hydrogen-bond donors (Lipinski definition) is 0. The summed E-state index contributed by atoms with van der Waals surface area (Å²) in [6.45, 7) is 5.04. The van der Waals surface area contributed by atoms with Gasteiger partial charge in [-0.2, -0.15) is 0 Å². The molecule has 0 saturated carbocycles. The maximum Gasteiger partial charge on any atom is 0.264 e. The molecule has 150 valence electrons. The van der Waals surface area contributed by atoms with Gasteiger partial charge in [0.05, 0.1) is 6.04 Å². The maximum atomic E-state index is 13.2. The third kappa shape index (κ3) is 3.72. The molecule has 7 heteroatoms. The zero-order chi connectivity index (χ0) is 20.4. The van der Waals surface area contributed by atoms with E-state index in [0.717, 1.165) is 24.0 Å². The Bertz CT molecular complexity index is 1030. The number of pyridine rings is 1. The van der Waals surface area contributed by atoms with Gasteiger partial charge in [0.2, 0.25) is 0 Å². The number of likely N-dealkylation sites (tertiary alicyclic amines) is 1.